The van der Waals surface area contributed by atoms with Gasteiger partial charge in [-0.15, -0.1) is 0 Å². The minimum atomic E-state index is -0.633. The van der Waals surface area contributed by atoms with Crippen LogP contribution in [-0.4, -0.2) is 43.9 Å². The normalized spacial score (nSPS) is 11.3. The van der Waals surface area contributed by atoms with E-state index in [4.69, 9.17) is 30.1 Å². The van der Waals surface area contributed by atoms with Gasteiger partial charge in [-0.2, -0.15) is 9.97 Å². The summed E-state index contributed by atoms with van der Waals surface area (Å²) in [6, 6.07) is 11.4. The van der Waals surface area contributed by atoms with Crippen molar-refractivity contribution in [1.82, 2.24) is 19.9 Å². The monoisotopic (exact) mass is 504 g/mol. The number of hydrogen-bond donors (Lipinski definition) is 3. The number of aromatic nitrogens is 4. The quantitative estimate of drug-likeness (QED) is 0.173. The highest BCUT2D eigenvalue weighted by Crippen LogP contribution is 2.34. The summed E-state index contributed by atoms with van der Waals surface area (Å²) in [5.74, 6) is 1.19. The lowest BCUT2D eigenvalue weighted by Crippen LogP contribution is -2.23. The standard InChI is InChI=1S/C26H28N6O5/c1-6-34-18-11-10-15(21(27)28)13-19(18)36-25-31-22-20(29-14(2)30-22)23(32-25)35-17-9-7-8-16(12-17)24(33)37-26(3,4)5/h7-13H,6H2,1-5H3,(H3,27,28)(H,29,30,31,32). The third kappa shape index (κ3) is 6.13. The van der Waals surface area contributed by atoms with Crippen LogP contribution in [0.25, 0.3) is 11.2 Å². The zero-order valence-corrected chi connectivity index (χ0v) is 21.2. The van der Waals surface area contributed by atoms with Crippen LogP contribution in [0, 0.1) is 12.3 Å². The van der Waals surface area contributed by atoms with Gasteiger partial charge < -0.3 is 29.7 Å². The van der Waals surface area contributed by atoms with Crippen LogP contribution in [-0.2, 0) is 4.74 Å². The van der Waals surface area contributed by atoms with Crippen LogP contribution in [0.2, 0.25) is 0 Å². The number of fused-ring (bicyclic) bond motifs is 1. The molecule has 0 bridgehead atoms. The van der Waals surface area contributed by atoms with E-state index < -0.39 is 11.6 Å². The van der Waals surface area contributed by atoms with Crippen LogP contribution in [0.4, 0.5) is 0 Å². The number of ether oxygens (including phenoxy) is 4. The SMILES string of the molecule is CCOc1ccc(C(=N)N)cc1Oc1nc(Oc2cccc(C(=O)OC(C)(C)C)c2)c2nc(C)[nH]c2n1. The maximum absolute atomic E-state index is 12.5. The van der Waals surface area contributed by atoms with Gasteiger partial charge in [0.2, 0.25) is 0 Å². The second-order valence-corrected chi connectivity index (χ2v) is 9.07. The smallest absolute Gasteiger partial charge is 0.338 e. The Hall–Kier alpha value is -4.67. The van der Waals surface area contributed by atoms with Gasteiger partial charge in [0.05, 0.1) is 12.2 Å². The number of imidazole rings is 1. The van der Waals surface area contributed by atoms with Gasteiger partial charge in [0, 0.05) is 5.56 Å². The van der Waals surface area contributed by atoms with Crippen molar-refractivity contribution in [2.45, 2.75) is 40.2 Å². The summed E-state index contributed by atoms with van der Waals surface area (Å²) < 4.78 is 23.1. The molecule has 0 spiro atoms. The Morgan fingerprint density at radius 1 is 1.03 bits per heavy atom. The van der Waals surface area contributed by atoms with Gasteiger partial charge in [-0.25, -0.2) is 9.78 Å². The summed E-state index contributed by atoms with van der Waals surface area (Å²) in [7, 11) is 0. The fraction of sp³-hybridized carbons (Fsp3) is 0.269. The fourth-order valence-corrected chi connectivity index (χ4v) is 3.35. The molecule has 0 aliphatic heterocycles. The van der Waals surface area contributed by atoms with E-state index in [9.17, 15) is 4.79 Å². The Morgan fingerprint density at radius 3 is 2.51 bits per heavy atom. The third-order valence-corrected chi connectivity index (χ3v) is 4.85. The molecule has 11 heteroatoms. The number of amidine groups is 1. The number of esters is 1. The van der Waals surface area contributed by atoms with E-state index in [2.05, 4.69) is 19.9 Å². The lowest BCUT2D eigenvalue weighted by molar-refractivity contribution is 0.00691. The number of hydrogen-bond acceptors (Lipinski definition) is 9. The highest BCUT2D eigenvalue weighted by molar-refractivity contribution is 5.95. The van der Waals surface area contributed by atoms with E-state index in [1.165, 1.54) is 0 Å². The molecule has 192 valence electrons. The van der Waals surface area contributed by atoms with Crippen molar-refractivity contribution in [3.05, 3.63) is 59.4 Å². The zero-order chi connectivity index (χ0) is 26.7. The minimum Gasteiger partial charge on any atom is -0.490 e. The predicted octanol–water partition coefficient (Wildman–Crippen LogP) is 4.88. The number of carbonyl (C=O) groups excluding carboxylic acids is 1. The van der Waals surface area contributed by atoms with Crippen LogP contribution >= 0.6 is 0 Å². The summed E-state index contributed by atoms with van der Waals surface area (Å²) in [4.78, 5) is 28.8. The van der Waals surface area contributed by atoms with Crippen LogP contribution in [0.3, 0.4) is 0 Å². The molecule has 2 aromatic heterocycles. The molecule has 0 amide bonds. The number of H-pyrrole nitrogens is 1. The summed E-state index contributed by atoms with van der Waals surface area (Å²) in [6.07, 6.45) is 0. The van der Waals surface area contributed by atoms with Gasteiger partial charge in [0.15, 0.2) is 22.7 Å². The van der Waals surface area contributed by atoms with Gasteiger partial charge >= 0.3 is 12.0 Å². The Bertz CT molecular complexity index is 1470. The summed E-state index contributed by atoms with van der Waals surface area (Å²) in [5.41, 5.74) is 6.56. The summed E-state index contributed by atoms with van der Waals surface area (Å²) in [6.45, 7) is 9.42. The summed E-state index contributed by atoms with van der Waals surface area (Å²) >= 11 is 0. The van der Waals surface area contributed by atoms with E-state index in [-0.39, 0.29) is 23.5 Å². The predicted molar refractivity (Wildman–Crippen MR) is 137 cm³/mol. The average Bonchev–Trinajstić information content (AvgIpc) is 3.20. The van der Waals surface area contributed by atoms with Crippen molar-refractivity contribution < 1.29 is 23.7 Å². The second-order valence-electron chi connectivity index (χ2n) is 9.07. The topological polar surface area (TPSA) is 158 Å². The van der Waals surface area contributed by atoms with Gasteiger partial charge in [-0.3, -0.25) is 5.41 Å². The number of nitrogens with one attached hydrogen (secondary N) is 2. The van der Waals surface area contributed by atoms with Crippen LogP contribution in [0.15, 0.2) is 42.5 Å². The Morgan fingerprint density at radius 2 is 1.81 bits per heavy atom. The van der Waals surface area contributed by atoms with E-state index in [1.54, 1.807) is 70.2 Å². The molecular formula is C26H28N6O5. The molecule has 37 heavy (non-hydrogen) atoms. The molecule has 2 heterocycles. The van der Waals surface area contributed by atoms with Crippen molar-refractivity contribution in [2.24, 2.45) is 5.73 Å². The molecule has 4 N–H and O–H groups in total. The molecule has 0 saturated heterocycles. The molecule has 0 saturated carbocycles. The molecule has 2 aromatic carbocycles. The van der Waals surface area contributed by atoms with Gasteiger partial charge in [0.1, 0.15) is 23.0 Å². The van der Waals surface area contributed by atoms with Crippen molar-refractivity contribution in [2.75, 3.05) is 6.61 Å². The van der Waals surface area contributed by atoms with Crippen LogP contribution < -0.4 is 19.9 Å². The van der Waals surface area contributed by atoms with Crippen molar-refractivity contribution in [3.8, 4) is 29.1 Å². The summed E-state index contributed by atoms with van der Waals surface area (Å²) in [5, 5.41) is 7.73. The minimum absolute atomic E-state index is 0.0453. The molecule has 0 radical (unpaired) electrons. The molecule has 0 fully saturated rings. The molecule has 4 rings (SSSR count). The van der Waals surface area contributed by atoms with E-state index in [1.807, 2.05) is 6.92 Å². The first-order chi connectivity index (χ1) is 17.5. The largest absolute Gasteiger partial charge is 0.490 e. The second kappa shape index (κ2) is 10.1. The number of nitrogens with zero attached hydrogens (tertiary/aromatic N) is 3. The zero-order valence-electron chi connectivity index (χ0n) is 21.2. The number of rotatable bonds is 8. The first kappa shape index (κ1) is 25.4. The molecule has 0 aliphatic rings. The molecule has 0 atom stereocenters. The number of nitrogens with two attached hydrogens (primary N) is 1. The van der Waals surface area contributed by atoms with E-state index in [0.29, 0.717) is 46.2 Å². The Kier molecular flexibility index (Phi) is 6.96. The number of aryl methyl sites for hydroxylation is 1. The Labute approximate surface area is 213 Å². The first-order valence-electron chi connectivity index (χ1n) is 11.6. The van der Waals surface area contributed by atoms with Gasteiger partial charge in [0.25, 0.3) is 5.88 Å². The van der Waals surface area contributed by atoms with Crippen LogP contribution in [0.1, 0.15) is 49.4 Å². The van der Waals surface area contributed by atoms with Crippen molar-refractivity contribution in [3.63, 3.8) is 0 Å². The lowest BCUT2D eigenvalue weighted by Gasteiger charge is -2.19. The molecule has 0 unspecified atom stereocenters. The number of carbonyl (C=O) groups is 1. The van der Waals surface area contributed by atoms with Crippen molar-refractivity contribution in [1.29, 1.82) is 5.41 Å². The molecule has 0 aliphatic carbocycles. The van der Waals surface area contributed by atoms with Crippen molar-refractivity contribution >= 4 is 23.0 Å². The maximum Gasteiger partial charge on any atom is 0.338 e. The first-order valence-corrected chi connectivity index (χ1v) is 11.6. The molecule has 4 aromatic rings. The third-order valence-electron chi connectivity index (χ3n) is 4.85. The van der Waals surface area contributed by atoms with Gasteiger partial charge in [-0.05, 0) is 71.0 Å². The lowest BCUT2D eigenvalue weighted by atomic mass is 10.1. The molecular weight excluding hydrogens is 476 g/mol. The van der Waals surface area contributed by atoms with E-state index >= 15 is 0 Å². The highest BCUT2D eigenvalue weighted by atomic mass is 16.6. The number of aromatic amines is 1. The average molecular weight is 505 g/mol. The van der Waals surface area contributed by atoms with Gasteiger partial charge in [-0.1, -0.05) is 6.07 Å². The fourth-order valence-electron chi connectivity index (χ4n) is 3.35. The Balaban J connectivity index is 1.70. The van der Waals surface area contributed by atoms with Crippen LogP contribution in [0.5, 0.6) is 29.1 Å². The van der Waals surface area contributed by atoms with E-state index in [0.717, 1.165) is 0 Å². The number of benzene rings is 2. The molecule has 11 nitrogen and oxygen atoms in total. The highest BCUT2D eigenvalue weighted by Gasteiger charge is 2.20. The maximum atomic E-state index is 12.5. The number of nitrogen functional groups attached to an aromatic ring is 1.